The van der Waals surface area contributed by atoms with Gasteiger partial charge in [0, 0.05) is 12.1 Å². The fraction of sp³-hybridized carbons (Fsp3) is 1.00. The van der Waals surface area contributed by atoms with Crippen molar-refractivity contribution in [3.05, 3.63) is 0 Å². The highest BCUT2D eigenvalue weighted by Crippen LogP contribution is 2.28. The van der Waals surface area contributed by atoms with Crippen molar-refractivity contribution in [3.8, 4) is 0 Å². The van der Waals surface area contributed by atoms with Gasteiger partial charge in [0.25, 0.3) is 0 Å². The zero-order valence-electron chi connectivity index (χ0n) is 6.22. The van der Waals surface area contributed by atoms with Crippen molar-refractivity contribution >= 4 is 0 Å². The highest BCUT2D eigenvalue weighted by Gasteiger charge is 2.38. The van der Waals surface area contributed by atoms with E-state index in [1.54, 1.807) is 0 Å². The van der Waals surface area contributed by atoms with E-state index in [9.17, 15) is 0 Å². The fourth-order valence-corrected chi connectivity index (χ4v) is 1.37. The van der Waals surface area contributed by atoms with E-state index in [2.05, 4.69) is 18.7 Å². The van der Waals surface area contributed by atoms with Crippen molar-refractivity contribution in [1.29, 1.82) is 0 Å². The average Bonchev–Trinajstić information content (AvgIpc) is 1.85. The Morgan fingerprint density at radius 1 is 1.67 bits per heavy atom. The second kappa shape index (κ2) is 2.27. The van der Waals surface area contributed by atoms with Crippen molar-refractivity contribution in [2.45, 2.75) is 25.8 Å². The Balaban J connectivity index is 2.41. The van der Waals surface area contributed by atoms with Gasteiger partial charge in [-0.1, -0.05) is 6.92 Å². The summed E-state index contributed by atoms with van der Waals surface area (Å²) in [4.78, 5) is 2.30. The Kier molecular flexibility index (Phi) is 1.78. The molecule has 1 aliphatic heterocycles. The van der Waals surface area contributed by atoms with Crippen LogP contribution in [0.15, 0.2) is 0 Å². The van der Waals surface area contributed by atoms with E-state index in [-0.39, 0.29) is 5.54 Å². The summed E-state index contributed by atoms with van der Waals surface area (Å²) in [6.07, 6.45) is 1.15. The van der Waals surface area contributed by atoms with E-state index >= 15 is 0 Å². The zero-order chi connectivity index (χ0) is 6.91. The van der Waals surface area contributed by atoms with Crippen molar-refractivity contribution < 1.29 is 5.11 Å². The summed E-state index contributed by atoms with van der Waals surface area (Å²) in [5.41, 5.74) is 0.120. The summed E-state index contributed by atoms with van der Waals surface area (Å²) in [7, 11) is 0. The molecule has 54 valence electrons. The standard InChI is InChI=1S/C7H15NO/c1-3-8-5-4-7(8,2)6-9/h9H,3-6H2,1-2H3. The largest absolute Gasteiger partial charge is 0.394 e. The maximum atomic E-state index is 8.91. The quantitative estimate of drug-likeness (QED) is 0.585. The van der Waals surface area contributed by atoms with E-state index in [0.29, 0.717) is 6.61 Å². The van der Waals surface area contributed by atoms with Crippen LogP contribution in [-0.4, -0.2) is 35.2 Å². The highest BCUT2D eigenvalue weighted by atomic mass is 16.3. The van der Waals surface area contributed by atoms with Crippen LogP contribution in [0.3, 0.4) is 0 Å². The van der Waals surface area contributed by atoms with Crippen molar-refractivity contribution in [2.24, 2.45) is 0 Å². The Morgan fingerprint density at radius 3 is 2.44 bits per heavy atom. The third kappa shape index (κ3) is 0.970. The van der Waals surface area contributed by atoms with Crippen LogP contribution in [0.25, 0.3) is 0 Å². The topological polar surface area (TPSA) is 23.5 Å². The summed E-state index contributed by atoms with van der Waals surface area (Å²) in [5.74, 6) is 0. The van der Waals surface area contributed by atoms with E-state index in [1.165, 1.54) is 0 Å². The summed E-state index contributed by atoms with van der Waals surface area (Å²) in [6, 6.07) is 0. The molecule has 0 aromatic heterocycles. The van der Waals surface area contributed by atoms with Gasteiger partial charge < -0.3 is 5.11 Å². The van der Waals surface area contributed by atoms with Gasteiger partial charge in [0.15, 0.2) is 0 Å². The molecule has 1 heterocycles. The Labute approximate surface area is 56.5 Å². The van der Waals surface area contributed by atoms with Crippen LogP contribution in [0.1, 0.15) is 20.3 Å². The molecule has 1 fully saturated rings. The Hall–Kier alpha value is -0.0800. The predicted octanol–water partition coefficient (Wildman–Crippen LogP) is 0.463. The molecule has 0 bridgehead atoms. The second-order valence-corrected chi connectivity index (χ2v) is 2.98. The minimum Gasteiger partial charge on any atom is -0.394 e. The molecule has 1 aliphatic rings. The number of aliphatic hydroxyl groups excluding tert-OH is 1. The minimum absolute atomic E-state index is 0.120. The summed E-state index contributed by atoms with van der Waals surface area (Å²) in [5, 5.41) is 8.91. The summed E-state index contributed by atoms with van der Waals surface area (Å²) < 4.78 is 0. The molecule has 2 heteroatoms. The number of hydrogen-bond donors (Lipinski definition) is 1. The Bertz CT molecular complexity index is 99.1. The molecule has 0 amide bonds. The fourth-order valence-electron chi connectivity index (χ4n) is 1.37. The number of hydrogen-bond acceptors (Lipinski definition) is 2. The zero-order valence-corrected chi connectivity index (χ0v) is 6.22. The molecule has 0 saturated carbocycles. The predicted molar refractivity (Wildman–Crippen MR) is 37.4 cm³/mol. The lowest BCUT2D eigenvalue weighted by Gasteiger charge is -2.49. The van der Waals surface area contributed by atoms with Crippen LogP contribution in [0.5, 0.6) is 0 Å². The molecule has 1 atom stereocenters. The van der Waals surface area contributed by atoms with Gasteiger partial charge in [-0.2, -0.15) is 0 Å². The lowest BCUT2D eigenvalue weighted by atomic mass is 9.88. The van der Waals surface area contributed by atoms with Gasteiger partial charge in [-0.25, -0.2) is 0 Å². The minimum atomic E-state index is 0.120. The molecule has 0 spiro atoms. The van der Waals surface area contributed by atoms with Gasteiger partial charge in [0.05, 0.1) is 6.61 Å². The molecule has 1 saturated heterocycles. The normalized spacial score (nSPS) is 36.3. The van der Waals surface area contributed by atoms with Gasteiger partial charge in [0.2, 0.25) is 0 Å². The monoisotopic (exact) mass is 129 g/mol. The van der Waals surface area contributed by atoms with Crippen LogP contribution in [0.2, 0.25) is 0 Å². The van der Waals surface area contributed by atoms with E-state index < -0.39 is 0 Å². The molecule has 0 radical (unpaired) electrons. The number of nitrogens with zero attached hydrogens (tertiary/aromatic N) is 1. The van der Waals surface area contributed by atoms with Crippen LogP contribution in [-0.2, 0) is 0 Å². The van der Waals surface area contributed by atoms with Gasteiger partial charge in [-0.15, -0.1) is 0 Å². The molecule has 1 unspecified atom stereocenters. The third-order valence-corrected chi connectivity index (χ3v) is 2.41. The smallest absolute Gasteiger partial charge is 0.0613 e. The number of likely N-dealkylation sites (tertiary alicyclic amines) is 1. The maximum absolute atomic E-state index is 8.91. The van der Waals surface area contributed by atoms with Gasteiger partial charge in [-0.3, -0.25) is 4.90 Å². The Morgan fingerprint density at radius 2 is 2.33 bits per heavy atom. The molecule has 0 aliphatic carbocycles. The molecule has 2 nitrogen and oxygen atoms in total. The number of aliphatic hydroxyl groups is 1. The van der Waals surface area contributed by atoms with Gasteiger partial charge >= 0.3 is 0 Å². The van der Waals surface area contributed by atoms with Crippen LogP contribution in [0, 0.1) is 0 Å². The number of likely N-dealkylation sites (N-methyl/N-ethyl adjacent to an activating group) is 1. The van der Waals surface area contributed by atoms with Gasteiger partial charge in [0.1, 0.15) is 0 Å². The van der Waals surface area contributed by atoms with E-state index in [0.717, 1.165) is 19.5 Å². The molecular formula is C7H15NO. The van der Waals surface area contributed by atoms with Crippen molar-refractivity contribution in [3.63, 3.8) is 0 Å². The average molecular weight is 129 g/mol. The lowest BCUT2D eigenvalue weighted by Crippen LogP contribution is -2.59. The van der Waals surface area contributed by atoms with E-state index in [4.69, 9.17) is 5.11 Å². The first-order valence-corrected chi connectivity index (χ1v) is 3.59. The maximum Gasteiger partial charge on any atom is 0.0613 e. The molecule has 1 N–H and O–H groups in total. The van der Waals surface area contributed by atoms with Crippen molar-refractivity contribution in [2.75, 3.05) is 19.7 Å². The SMILES string of the molecule is CCN1CCC1(C)CO. The first-order valence-electron chi connectivity index (χ1n) is 3.59. The second-order valence-electron chi connectivity index (χ2n) is 2.98. The first-order chi connectivity index (χ1) is 4.23. The van der Waals surface area contributed by atoms with Crippen molar-refractivity contribution in [1.82, 2.24) is 4.90 Å². The summed E-state index contributed by atoms with van der Waals surface area (Å²) >= 11 is 0. The molecule has 9 heavy (non-hydrogen) atoms. The van der Waals surface area contributed by atoms with Gasteiger partial charge in [-0.05, 0) is 19.9 Å². The third-order valence-electron chi connectivity index (χ3n) is 2.41. The molecule has 1 rings (SSSR count). The van der Waals surface area contributed by atoms with E-state index in [1.807, 2.05) is 0 Å². The first kappa shape index (κ1) is 7.03. The van der Waals surface area contributed by atoms with Crippen LogP contribution in [0.4, 0.5) is 0 Å². The molecule has 0 aromatic rings. The highest BCUT2D eigenvalue weighted by molar-refractivity contribution is 4.94. The number of rotatable bonds is 2. The van der Waals surface area contributed by atoms with Crippen LogP contribution < -0.4 is 0 Å². The molecular weight excluding hydrogens is 114 g/mol. The molecule has 0 aromatic carbocycles. The van der Waals surface area contributed by atoms with Crippen LogP contribution >= 0.6 is 0 Å². The summed E-state index contributed by atoms with van der Waals surface area (Å²) in [6.45, 7) is 6.78. The lowest BCUT2D eigenvalue weighted by molar-refractivity contribution is -0.0357.